The van der Waals surface area contributed by atoms with E-state index in [0.717, 1.165) is 25.9 Å². The molecule has 1 saturated heterocycles. The average Bonchev–Trinajstić information content (AvgIpc) is 2.65. The summed E-state index contributed by atoms with van der Waals surface area (Å²) in [7, 11) is 1.47. The summed E-state index contributed by atoms with van der Waals surface area (Å²) >= 11 is 0. The minimum absolute atomic E-state index is 0.0116. The number of carbonyl (C=O) groups is 1. The van der Waals surface area contributed by atoms with Gasteiger partial charge in [0.1, 0.15) is 6.04 Å². The van der Waals surface area contributed by atoms with Crippen molar-refractivity contribution in [3.63, 3.8) is 0 Å². The van der Waals surface area contributed by atoms with Crippen LogP contribution >= 0.6 is 0 Å². The average molecular weight is 185 g/mol. The normalized spacial score (nSPS) is 20.2. The summed E-state index contributed by atoms with van der Waals surface area (Å²) in [5.41, 5.74) is 0. The first-order valence-corrected chi connectivity index (χ1v) is 5.11. The number of hydrogen-bond donors (Lipinski definition) is 0. The highest BCUT2D eigenvalue weighted by atomic mass is 16.5. The summed E-state index contributed by atoms with van der Waals surface area (Å²) in [5.74, 6) is -0.0660. The van der Waals surface area contributed by atoms with E-state index in [0.29, 0.717) is 0 Å². The van der Waals surface area contributed by atoms with E-state index in [1.807, 2.05) is 0 Å². The van der Waals surface area contributed by atoms with Crippen LogP contribution in [0.15, 0.2) is 0 Å². The van der Waals surface area contributed by atoms with Crippen LogP contribution in [0.4, 0.5) is 0 Å². The van der Waals surface area contributed by atoms with Crippen molar-refractivity contribution in [2.45, 2.75) is 38.6 Å². The lowest BCUT2D eigenvalue weighted by molar-refractivity contribution is -0.146. The zero-order chi connectivity index (χ0) is 9.68. The van der Waals surface area contributed by atoms with E-state index in [-0.39, 0.29) is 12.0 Å². The van der Waals surface area contributed by atoms with Crippen molar-refractivity contribution in [3.05, 3.63) is 0 Å². The van der Waals surface area contributed by atoms with Crippen molar-refractivity contribution in [2.75, 3.05) is 20.2 Å². The first kappa shape index (κ1) is 10.5. The molecule has 0 aromatic heterocycles. The predicted molar refractivity (Wildman–Crippen MR) is 51.5 cm³/mol. The van der Waals surface area contributed by atoms with Crippen molar-refractivity contribution in [1.29, 1.82) is 0 Å². The molecule has 1 atom stereocenters. The molecule has 1 aliphatic rings. The molecule has 76 valence electrons. The van der Waals surface area contributed by atoms with Crippen LogP contribution in [0, 0.1) is 0 Å². The predicted octanol–water partition coefficient (Wildman–Crippen LogP) is 1.42. The Morgan fingerprint density at radius 3 is 2.54 bits per heavy atom. The number of esters is 1. The molecule has 0 unspecified atom stereocenters. The molecule has 0 saturated carbocycles. The van der Waals surface area contributed by atoms with Gasteiger partial charge in [-0.25, -0.2) is 0 Å². The highest BCUT2D eigenvalue weighted by Crippen LogP contribution is 2.16. The van der Waals surface area contributed by atoms with E-state index in [9.17, 15) is 4.79 Å². The molecule has 0 bridgehead atoms. The number of methoxy groups -OCH3 is 1. The number of ether oxygens (including phenoxy) is 1. The summed E-state index contributed by atoms with van der Waals surface area (Å²) in [6, 6.07) is 0.0116. The van der Waals surface area contributed by atoms with Crippen molar-refractivity contribution in [1.82, 2.24) is 4.90 Å². The van der Waals surface area contributed by atoms with Gasteiger partial charge in [0.05, 0.1) is 7.11 Å². The minimum atomic E-state index is -0.0660. The second kappa shape index (κ2) is 5.22. The van der Waals surface area contributed by atoms with Gasteiger partial charge in [0.25, 0.3) is 0 Å². The van der Waals surface area contributed by atoms with Crippen LogP contribution < -0.4 is 0 Å². The fourth-order valence-electron chi connectivity index (χ4n) is 1.91. The molecular formula is C10H19NO2. The zero-order valence-electron chi connectivity index (χ0n) is 8.58. The molecule has 3 nitrogen and oxygen atoms in total. The van der Waals surface area contributed by atoms with Crippen molar-refractivity contribution < 1.29 is 9.53 Å². The van der Waals surface area contributed by atoms with Gasteiger partial charge in [-0.3, -0.25) is 9.69 Å². The minimum Gasteiger partial charge on any atom is -0.468 e. The molecule has 0 spiro atoms. The maximum absolute atomic E-state index is 11.4. The Morgan fingerprint density at radius 1 is 1.46 bits per heavy atom. The molecule has 0 aromatic rings. The highest BCUT2D eigenvalue weighted by Gasteiger charge is 2.27. The molecule has 0 aromatic carbocycles. The first-order chi connectivity index (χ1) is 6.29. The quantitative estimate of drug-likeness (QED) is 0.620. The SMILES string of the molecule is CCC[C@H](C(=O)OC)N1CCCC1. The topological polar surface area (TPSA) is 29.5 Å². The highest BCUT2D eigenvalue weighted by molar-refractivity contribution is 5.75. The monoisotopic (exact) mass is 185 g/mol. The molecule has 0 radical (unpaired) electrons. The van der Waals surface area contributed by atoms with Gasteiger partial charge in [-0.2, -0.15) is 0 Å². The molecule has 0 aliphatic carbocycles. The van der Waals surface area contributed by atoms with Gasteiger partial charge >= 0.3 is 5.97 Å². The first-order valence-electron chi connectivity index (χ1n) is 5.11. The maximum atomic E-state index is 11.4. The van der Waals surface area contributed by atoms with Gasteiger partial charge in [-0.15, -0.1) is 0 Å². The Labute approximate surface area is 80.1 Å². The lowest BCUT2D eigenvalue weighted by Crippen LogP contribution is -2.39. The molecular weight excluding hydrogens is 166 g/mol. The van der Waals surface area contributed by atoms with Crippen molar-refractivity contribution in [2.24, 2.45) is 0 Å². The van der Waals surface area contributed by atoms with Crippen LogP contribution in [0.25, 0.3) is 0 Å². The van der Waals surface area contributed by atoms with Crippen LogP contribution in [0.2, 0.25) is 0 Å². The van der Waals surface area contributed by atoms with E-state index in [2.05, 4.69) is 11.8 Å². The van der Waals surface area contributed by atoms with Gasteiger partial charge in [-0.1, -0.05) is 13.3 Å². The number of likely N-dealkylation sites (tertiary alicyclic amines) is 1. The molecule has 3 heteroatoms. The smallest absolute Gasteiger partial charge is 0.323 e. The number of rotatable bonds is 4. The summed E-state index contributed by atoms with van der Waals surface area (Å²) in [6.45, 7) is 4.21. The lowest BCUT2D eigenvalue weighted by Gasteiger charge is -2.24. The van der Waals surface area contributed by atoms with Gasteiger partial charge in [0, 0.05) is 0 Å². The summed E-state index contributed by atoms with van der Waals surface area (Å²) < 4.78 is 4.80. The fraction of sp³-hybridized carbons (Fsp3) is 0.900. The Balaban J connectivity index is 2.49. The zero-order valence-corrected chi connectivity index (χ0v) is 8.58. The third-order valence-corrected chi connectivity index (χ3v) is 2.62. The number of hydrogen-bond acceptors (Lipinski definition) is 3. The van der Waals surface area contributed by atoms with Crippen LogP contribution in [0.1, 0.15) is 32.6 Å². The number of nitrogens with zero attached hydrogens (tertiary/aromatic N) is 1. The molecule has 13 heavy (non-hydrogen) atoms. The maximum Gasteiger partial charge on any atom is 0.323 e. The van der Waals surface area contributed by atoms with E-state index in [1.165, 1.54) is 20.0 Å². The summed E-state index contributed by atoms with van der Waals surface area (Å²) in [6.07, 6.45) is 4.40. The molecule has 1 aliphatic heterocycles. The standard InChI is InChI=1S/C10H19NO2/c1-3-6-9(10(12)13-2)11-7-4-5-8-11/h9H,3-8H2,1-2H3/t9-/m1/s1. The van der Waals surface area contributed by atoms with Gasteiger partial charge < -0.3 is 4.74 Å². The molecule has 1 rings (SSSR count). The third kappa shape index (κ3) is 2.69. The molecule has 0 amide bonds. The third-order valence-electron chi connectivity index (χ3n) is 2.62. The van der Waals surface area contributed by atoms with E-state index in [4.69, 9.17) is 4.74 Å². The van der Waals surface area contributed by atoms with Gasteiger partial charge in [0.2, 0.25) is 0 Å². The van der Waals surface area contributed by atoms with Crippen molar-refractivity contribution >= 4 is 5.97 Å². The van der Waals surface area contributed by atoms with Gasteiger partial charge in [-0.05, 0) is 32.4 Å². The van der Waals surface area contributed by atoms with Crippen LogP contribution in [0.5, 0.6) is 0 Å². The second-order valence-corrected chi connectivity index (χ2v) is 3.57. The van der Waals surface area contributed by atoms with E-state index in [1.54, 1.807) is 0 Å². The van der Waals surface area contributed by atoms with Crippen LogP contribution in [-0.4, -0.2) is 37.1 Å². The van der Waals surface area contributed by atoms with Crippen LogP contribution in [0.3, 0.4) is 0 Å². The lowest BCUT2D eigenvalue weighted by atomic mass is 10.1. The molecule has 0 N–H and O–H groups in total. The van der Waals surface area contributed by atoms with E-state index >= 15 is 0 Å². The molecule has 1 fully saturated rings. The Morgan fingerprint density at radius 2 is 2.08 bits per heavy atom. The number of carbonyl (C=O) groups excluding carboxylic acids is 1. The van der Waals surface area contributed by atoms with E-state index < -0.39 is 0 Å². The largest absolute Gasteiger partial charge is 0.468 e. The Hall–Kier alpha value is -0.570. The van der Waals surface area contributed by atoms with Crippen molar-refractivity contribution in [3.8, 4) is 0 Å². The molecule has 1 heterocycles. The Kier molecular flexibility index (Phi) is 4.22. The van der Waals surface area contributed by atoms with Crippen LogP contribution in [-0.2, 0) is 9.53 Å². The summed E-state index contributed by atoms with van der Waals surface area (Å²) in [5, 5.41) is 0. The fourth-order valence-corrected chi connectivity index (χ4v) is 1.91. The summed E-state index contributed by atoms with van der Waals surface area (Å²) in [4.78, 5) is 13.7. The Bertz CT molecular complexity index is 164. The van der Waals surface area contributed by atoms with Gasteiger partial charge in [0.15, 0.2) is 0 Å². The second-order valence-electron chi connectivity index (χ2n) is 3.57.